The van der Waals surface area contributed by atoms with Crippen LogP contribution in [0.15, 0.2) is 82.0 Å². The molecular weight excluding hydrogens is 624 g/mol. The first kappa shape index (κ1) is 27.1. The number of aryl methyl sites for hydroxylation is 1. The van der Waals surface area contributed by atoms with Gasteiger partial charge in [0, 0.05) is 39.4 Å². The summed E-state index contributed by atoms with van der Waals surface area (Å²) >= 11 is 7.03. The molecule has 37 heavy (non-hydrogen) atoms. The SMILES string of the molecule is Cl.O=[N+]([O-])c1nccn1CCCN(Cc1ccc2cc(Br)ccc2n1)Cc1ccc2cc(Br)ccc2n1. The van der Waals surface area contributed by atoms with Gasteiger partial charge in [-0.2, -0.15) is 0 Å². The Balaban J connectivity index is 0.00000320. The second-order valence-electron chi connectivity index (χ2n) is 8.52. The molecule has 0 bridgehead atoms. The molecule has 8 nitrogen and oxygen atoms in total. The fourth-order valence-electron chi connectivity index (χ4n) is 4.24. The topological polar surface area (TPSA) is 90.0 Å². The van der Waals surface area contributed by atoms with Crippen LogP contribution < -0.4 is 0 Å². The van der Waals surface area contributed by atoms with Gasteiger partial charge >= 0.3 is 5.95 Å². The minimum atomic E-state index is -0.452. The van der Waals surface area contributed by atoms with Crippen molar-refractivity contribution < 1.29 is 4.92 Å². The van der Waals surface area contributed by atoms with Gasteiger partial charge in [-0.25, -0.2) is 4.57 Å². The van der Waals surface area contributed by atoms with E-state index in [4.69, 9.17) is 9.97 Å². The van der Waals surface area contributed by atoms with E-state index in [1.165, 1.54) is 6.20 Å². The number of nitro groups is 1. The number of benzene rings is 2. The minimum Gasteiger partial charge on any atom is -0.390 e. The van der Waals surface area contributed by atoms with Gasteiger partial charge < -0.3 is 10.1 Å². The molecule has 0 aliphatic rings. The predicted octanol–water partition coefficient (Wildman–Crippen LogP) is 6.93. The van der Waals surface area contributed by atoms with Crippen LogP contribution in [0, 0.1) is 10.1 Å². The van der Waals surface area contributed by atoms with Crippen molar-refractivity contribution in [3.63, 3.8) is 0 Å². The molecule has 5 rings (SSSR count). The molecule has 0 aliphatic heterocycles. The van der Waals surface area contributed by atoms with Crippen LogP contribution >= 0.6 is 44.3 Å². The molecule has 0 atom stereocenters. The van der Waals surface area contributed by atoms with E-state index >= 15 is 0 Å². The predicted molar refractivity (Wildman–Crippen MR) is 154 cm³/mol. The molecule has 0 fully saturated rings. The summed E-state index contributed by atoms with van der Waals surface area (Å²) in [6.07, 6.45) is 3.83. The molecule has 0 saturated carbocycles. The molecule has 11 heteroatoms. The highest BCUT2D eigenvalue weighted by molar-refractivity contribution is 9.10. The van der Waals surface area contributed by atoms with Gasteiger partial charge in [0.15, 0.2) is 0 Å². The molecule has 3 heterocycles. The van der Waals surface area contributed by atoms with E-state index in [0.29, 0.717) is 19.6 Å². The Bertz CT molecular complexity index is 1470. The van der Waals surface area contributed by atoms with E-state index in [1.807, 2.05) is 36.4 Å². The number of hydrogen-bond donors (Lipinski definition) is 0. The van der Waals surface area contributed by atoms with Crippen molar-refractivity contribution in [2.24, 2.45) is 0 Å². The summed E-state index contributed by atoms with van der Waals surface area (Å²) in [6, 6.07) is 20.4. The largest absolute Gasteiger partial charge is 0.434 e. The van der Waals surface area contributed by atoms with Gasteiger partial charge in [0.2, 0.25) is 0 Å². The van der Waals surface area contributed by atoms with Crippen LogP contribution in [0.1, 0.15) is 17.8 Å². The number of aromatic nitrogens is 4. The van der Waals surface area contributed by atoms with Crippen LogP contribution in [0.4, 0.5) is 5.95 Å². The summed E-state index contributed by atoms with van der Waals surface area (Å²) in [5.41, 5.74) is 3.81. The number of fused-ring (bicyclic) bond motifs is 2. The Kier molecular flexibility index (Phi) is 8.86. The number of halogens is 3. The summed E-state index contributed by atoms with van der Waals surface area (Å²) in [5, 5.41) is 13.4. The molecule has 190 valence electrons. The smallest absolute Gasteiger partial charge is 0.390 e. The molecule has 0 spiro atoms. The van der Waals surface area contributed by atoms with Crippen molar-refractivity contribution in [1.82, 2.24) is 24.4 Å². The highest BCUT2D eigenvalue weighted by Crippen LogP contribution is 2.21. The number of pyridine rings is 2. The zero-order valence-electron chi connectivity index (χ0n) is 19.6. The Morgan fingerprint density at radius 3 is 1.97 bits per heavy atom. The minimum absolute atomic E-state index is 0. The van der Waals surface area contributed by atoms with Gasteiger partial charge in [0.05, 0.1) is 29.0 Å². The van der Waals surface area contributed by atoms with Gasteiger partial charge in [-0.15, -0.1) is 12.4 Å². The first-order valence-electron chi connectivity index (χ1n) is 11.4. The Morgan fingerprint density at radius 2 is 1.43 bits per heavy atom. The quantitative estimate of drug-likeness (QED) is 0.128. The Hall–Kier alpha value is -2.92. The van der Waals surface area contributed by atoms with E-state index in [1.54, 1.807) is 10.8 Å². The maximum Gasteiger partial charge on any atom is 0.434 e. The first-order valence-corrected chi connectivity index (χ1v) is 13.0. The van der Waals surface area contributed by atoms with Crippen molar-refractivity contribution >= 4 is 72.0 Å². The molecule has 0 amide bonds. The Labute approximate surface area is 236 Å². The average Bonchev–Trinajstić information content (AvgIpc) is 3.33. The first-order chi connectivity index (χ1) is 17.4. The van der Waals surface area contributed by atoms with Crippen LogP contribution in [0.2, 0.25) is 0 Å². The van der Waals surface area contributed by atoms with E-state index in [2.05, 4.69) is 66.0 Å². The van der Waals surface area contributed by atoms with Crippen LogP contribution in [-0.4, -0.2) is 35.9 Å². The number of rotatable bonds is 9. The maximum atomic E-state index is 11.2. The summed E-state index contributed by atoms with van der Waals surface area (Å²) < 4.78 is 3.62. The third kappa shape index (κ3) is 6.70. The van der Waals surface area contributed by atoms with Crippen molar-refractivity contribution in [2.75, 3.05) is 6.54 Å². The second-order valence-corrected chi connectivity index (χ2v) is 10.4. The summed E-state index contributed by atoms with van der Waals surface area (Å²) in [6.45, 7) is 2.50. The van der Waals surface area contributed by atoms with E-state index in [0.717, 1.165) is 55.1 Å². The lowest BCUT2D eigenvalue weighted by Crippen LogP contribution is -2.26. The van der Waals surface area contributed by atoms with Gasteiger partial charge in [0.1, 0.15) is 12.4 Å². The molecule has 0 saturated heterocycles. The number of imidazole rings is 1. The molecule has 0 radical (unpaired) electrons. The summed E-state index contributed by atoms with van der Waals surface area (Å²) in [7, 11) is 0. The summed E-state index contributed by atoms with van der Waals surface area (Å²) in [4.78, 5) is 26.6. The average molecular weight is 647 g/mol. The van der Waals surface area contributed by atoms with Crippen molar-refractivity contribution in [3.8, 4) is 0 Å². The molecule has 2 aromatic carbocycles. The van der Waals surface area contributed by atoms with Crippen LogP contribution in [-0.2, 0) is 19.6 Å². The van der Waals surface area contributed by atoms with Crippen LogP contribution in [0.3, 0.4) is 0 Å². The van der Waals surface area contributed by atoms with E-state index in [9.17, 15) is 10.1 Å². The molecule has 0 aliphatic carbocycles. The lowest BCUT2D eigenvalue weighted by molar-refractivity contribution is -0.396. The van der Waals surface area contributed by atoms with Crippen LogP contribution in [0.5, 0.6) is 0 Å². The summed E-state index contributed by atoms with van der Waals surface area (Å²) in [5.74, 6) is -0.133. The molecule has 5 aromatic rings. The lowest BCUT2D eigenvalue weighted by Gasteiger charge is -2.22. The standard InChI is InChI=1S/C26H22Br2N6O2.ClH/c27-20-4-8-24-18(14-20)2-6-22(30-24)16-32(11-1-12-33-13-10-29-26(33)34(35)36)17-23-7-3-19-15-21(28)5-9-25(19)31-23;/h2-10,13-15H,1,11-12,16-17H2;1H. The third-order valence-corrected chi connectivity index (χ3v) is 6.91. The van der Waals surface area contributed by atoms with Crippen molar-refractivity contribution in [1.29, 1.82) is 0 Å². The molecule has 3 aromatic heterocycles. The molecule has 0 N–H and O–H groups in total. The zero-order chi connectivity index (χ0) is 25.1. The maximum absolute atomic E-state index is 11.2. The van der Waals surface area contributed by atoms with Gasteiger partial charge in [-0.3, -0.25) is 14.9 Å². The highest BCUT2D eigenvalue weighted by Gasteiger charge is 2.15. The molecular formula is C26H23Br2ClN6O2. The monoisotopic (exact) mass is 644 g/mol. The second kappa shape index (κ2) is 12.1. The Morgan fingerprint density at radius 1 is 0.865 bits per heavy atom. The highest BCUT2D eigenvalue weighted by atomic mass is 79.9. The van der Waals surface area contributed by atoms with Gasteiger partial charge in [0.25, 0.3) is 0 Å². The van der Waals surface area contributed by atoms with Crippen LogP contribution in [0.25, 0.3) is 21.8 Å². The van der Waals surface area contributed by atoms with Gasteiger partial charge in [-0.1, -0.05) is 49.0 Å². The van der Waals surface area contributed by atoms with Crippen molar-refractivity contribution in [2.45, 2.75) is 26.1 Å². The fraction of sp³-hybridized carbons (Fsp3) is 0.192. The van der Waals surface area contributed by atoms with Gasteiger partial charge in [-0.05, 0) is 59.9 Å². The number of hydrogen-bond acceptors (Lipinski definition) is 6. The van der Waals surface area contributed by atoms with E-state index in [-0.39, 0.29) is 18.4 Å². The fourth-order valence-corrected chi connectivity index (χ4v) is 5.00. The third-order valence-electron chi connectivity index (χ3n) is 5.92. The zero-order valence-corrected chi connectivity index (χ0v) is 23.6. The normalized spacial score (nSPS) is 11.2. The molecule has 0 unspecified atom stereocenters. The lowest BCUT2D eigenvalue weighted by atomic mass is 10.2. The van der Waals surface area contributed by atoms with E-state index < -0.39 is 4.92 Å². The number of nitrogens with zero attached hydrogens (tertiary/aromatic N) is 6. The van der Waals surface area contributed by atoms with Crippen molar-refractivity contribution in [3.05, 3.63) is 104 Å².